The maximum atomic E-state index is 14.6. The van der Waals surface area contributed by atoms with Crippen LogP contribution in [0.3, 0.4) is 0 Å². The van der Waals surface area contributed by atoms with Gasteiger partial charge < -0.3 is 85.2 Å². The number of guanidine groups is 1. The van der Waals surface area contributed by atoms with E-state index in [1.54, 1.807) is 30.3 Å². The molecule has 0 saturated carbocycles. The van der Waals surface area contributed by atoms with Gasteiger partial charge in [0, 0.05) is 56.1 Å². The van der Waals surface area contributed by atoms with Crippen LogP contribution in [0.15, 0.2) is 60.4 Å². The number of aliphatic imine (C=N–C) groups is 1. The number of hydrogen-bond donors (Lipinski definition) is 15. The molecular formula is C50H75N17O12. The van der Waals surface area contributed by atoms with Gasteiger partial charge in [0.25, 0.3) is 0 Å². The Balaban J connectivity index is 1.56. The quantitative estimate of drug-likeness (QED) is 0.0155. The minimum Gasteiger partial charge on any atom is -0.481 e. The van der Waals surface area contributed by atoms with Gasteiger partial charge in [-0.05, 0) is 69.4 Å². The number of carboxylic acids is 2. The lowest BCUT2D eigenvalue weighted by Crippen LogP contribution is -2.60. The van der Waals surface area contributed by atoms with E-state index in [-0.39, 0.29) is 76.5 Å². The van der Waals surface area contributed by atoms with Crippen molar-refractivity contribution >= 4 is 65.2 Å². The Bertz CT molecular complexity index is 2530. The van der Waals surface area contributed by atoms with Gasteiger partial charge in [0.15, 0.2) is 5.96 Å². The summed E-state index contributed by atoms with van der Waals surface area (Å²) in [5, 5.41) is 37.7. The minimum atomic E-state index is -1.81. The number of benzene rings is 1. The van der Waals surface area contributed by atoms with Crippen LogP contribution in [-0.4, -0.2) is 175 Å². The molecular weight excluding hydrogens is 1030 g/mol. The Morgan fingerprint density at radius 2 is 1.28 bits per heavy atom. The molecule has 19 N–H and O–H groups in total. The first kappa shape index (κ1) is 63.1. The van der Waals surface area contributed by atoms with Crippen molar-refractivity contribution in [3.05, 3.63) is 72.3 Å². The van der Waals surface area contributed by atoms with Crippen LogP contribution in [0, 0.1) is 5.92 Å². The smallest absolute Gasteiger partial charge is 0.326 e. The minimum absolute atomic E-state index is 0.000795. The summed E-state index contributed by atoms with van der Waals surface area (Å²) in [6.45, 7) is 3.44. The summed E-state index contributed by atoms with van der Waals surface area (Å²) in [7, 11) is 0. The van der Waals surface area contributed by atoms with Crippen molar-refractivity contribution in [2.45, 2.75) is 139 Å². The van der Waals surface area contributed by atoms with Crippen molar-refractivity contribution < 1.29 is 58.2 Å². The lowest BCUT2D eigenvalue weighted by atomic mass is 10.0. The normalized spacial score (nSPS) is 15.7. The monoisotopic (exact) mass is 1110 g/mol. The largest absolute Gasteiger partial charge is 0.481 e. The molecule has 0 aliphatic carbocycles. The summed E-state index contributed by atoms with van der Waals surface area (Å²) in [4.78, 5) is 154. The zero-order valence-electron chi connectivity index (χ0n) is 44.3. The first-order chi connectivity index (χ1) is 37.6. The Morgan fingerprint density at radius 1 is 0.709 bits per heavy atom. The molecule has 0 bridgehead atoms. The molecule has 1 aliphatic rings. The summed E-state index contributed by atoms with van der Waals surface area (Å²) in [5.74, 6) is -9.68. The van der Waals surface area contributed by atoms with Gasteiger partial charge in [-0.15, -0.1) is 0 Å². The van der Waals surface area contributed by atoms with Crippen LogP contribution in [0.25, 0.3) is 0 Å². The molecule has 1 fully saturated rings. The summed E-state index contributed by atoms with van der Waals surface area (Å²) >= 11 is 0. The number of nitrogens with two attached hydrogens (primary N) is 4. The number of nitrogens with zero attached hydrogens (tertiary/aromatic N) is 4. The molecule has 1 aliphatic heterocycles. The van der Waals surface area contributed by atoms with E-state index in [1.807, 2.05) is 13.8 Å². The Kier molecular flexibility index (Phi) is 25.8. The number of carboxylic acid groups (broad SMARTS) is 2. The fourth-order valence-corrected chi connectivity index (χ4v) is 8.63. The number of unbranched alkanes of at least 4 members (excludes halogenated alkanes) is 1. The van der Waals surface area contributed by atoms with Crippen molar-refractivity contribution in [1.29, 1.82) is 0 Å². The molecule has 79 heavy (non-hydrogen) atoms. The van der Waals surface area contributed by atoms with Gasteiger partial charge in [0.2, 0.25) is 47.3 Å². The number of carbonyl (C=O) groups excluding carboxylic acids is 8. The van der Waals surface area contributed by atoms with Gasteiger partial charge in [-0.2, -0.15) is 0 Å². The third-order valence-electron chi connectivity index (χ3n) is 12.6. The van der Waals surface area contributed by atoms with E-state index < -0.39 is 120 Å². The molecule has 0 unspecified atom stereocenters. The second kappa shape index (κ2) is 32.3. The average Bonchev–Trinajstić information content (AvgIpc) is 4.24. The van der Waals surface area contributed by atoms with E-state index in [9.17, 15) is 58.2 Å². The molecule has 0 spiro atoms. The van der Waals surface area contributed by atoms with Crippen molar-refractivity contribution in [3.63, 3.8) is 0 Å². The Labute approximate surface area is 455 Å². The van der Waals surface area contributed by atoms with Crippen LogP contribution in [0.2, 0.25) is 0 Å². The van der Waals surface area contributed by atoms with E-state index in [2.05, 4.69) is 62.1 Å². The third kappa shape index (κ3) is 21.8. The molecule has 3 aromatic rings. The Hall–Kier alpha value is -8.47. The molecule has 1 saturated heterocycles. The zero-order valence-corrected chi connectivity index (χ0v) is 44.3. The molecule has 0 radical (unpaired) electrons. The lowest BCUT2D eigenvalue weighted by molar-refractivity contribution is -0.144. The molecule has 2 aromatic heterocycles. The molecule has 29 nitrogen and oxygen atoms in total. The fraction of sp³-hybridized carbons (Fsp3) is 0.540. The van der Waals surface area contributed by atoms with Gasteiger partial charge in [0.1, 0.15) is 42.3 Å². The number of likely N-dealkylation sites (tertiary alicyclic amines) is 1. The molecule has 3 heterocycles. The highest BCUT2D eigenvalue weighted by Crippen LogP contribution is 2.21. The number of aliphatic carboxylic acids is 2. The van der Waals surface area contributed by atoms with Gasteiger partial charge in [-0.1, -0.05) is 44.2 Å². The van der Waals surface area contributed by atoms with Crippen molar-refractivity contribution in [2.75, 3.05) is 26.2 Å². The Morgan fingerprint density at radius 3 is 1.86 bits per heavy atom. The van der Waals surface area contributed by atoms with E-state index in [0.29, 0.717) is 42.6 Å². The predicted molar refractivity (Wildman–Crippen MR) is 284 cm³/mol. The third-order valence-corrected chi connectivity index (χ3v) is 12.6. The maximum Gasteiger partial charge on any atom is 0.326 e. The summed E-state index contributed by atoms with van der Waals surface area (Å²) in [6, 6.07) is -2.29. The molecule has 8 atom stereocenters. The zero-order chi connectivity index (χ0) is 58.0. The van der Waals surface area contributed by atoms with Gasteiger partial charge in [0.05, 0.1) is 31.7 Å². The number of carbonyl (C=O) groups is 10. The van der Waals surface area contributed by atoms with Crippen molar-refractivity contribution in [1.82, 2.24) is 62.1 Å². The number of amides is 8. The van der Waals surface area contributed by atoms with Crippen LogP contribution >= 0.6 is 0 Å². The van der Waals surface area contributed by atoms with Crippen LogP contribution in [0.5, 0.6) is 0 Å². The highest BCUT2D eigenvalue weighted by Gasteiger charge is 2.41. The summed E-state index contributed by atoms with van der Waals surface area (Å²) < 4.78 is 0. The van der Waals surface area contributed by atoms with Crippen LogP contribution in [-0.2, 0) is 67.2 Å². The van der Waals surface area contributed by atoms with Crippen molar-refractivity contribution in [3.8, 4) is 0 Å². The topological polar surface area (TPSA) is 472 Å². The predicted octanol–water partition coefficient (Wildman–Crippen LogP) is -3.71. The number of nitrogens with one attached hydrogen (secondary N) is 9. The summed E-state index contributed by atoms with van der Waals surface area (Å²) in [6.07, 6.45) is 5.61. The van der Waals surface area contributed by atoms with Crippen LogP contribution in [0.4, 0.5) is 0 Å². The molecule has 432 valence electrons. The van der Waals surface area contributed by atoms with E-state index in [1.165, 1.54) is 29.9 Å². The average molecular weight is 1110 g/mol. The van der Waals surface area contributed by atoms with Gasteiger partial charge in [-0.25, -0.2) is 14.8 Å². The van der Waals surface area contributed by atoms with Crippen molar-refractivity contribution in [2.24, 2.45) is 33.8 Å². The second-order valence-electron chi connectivity index (χ2n) is 19.5. The molecule has 1 aromatic carbocycles. The SMILES string of the molecule is CC(C)C[C@H](N)C(=O)NCC(=O)N[C@@H](CCCCN)C(=O)N[C@@H](CC(=O)O)C(=O)N[C@@H](CCCN=C(N)N)C(=O)N1CCC[C@H]1C(=O)N[C@@H](Cc1cnc[nH]1)C(=O)N[C@@H](Cc1ccccc1)C(=O)N[C@@H](Cc1cnc[nH]1)C(=O)O. The molecule has 29 heteroatoms. The maximum absolute atomic E-state index is 14.6. The summed E-state index contributed by atoms with van der Waals surface area (Å²) in [5.41, 5.74) is 24.1. The number of aromatic nitrogens is 4. The first-order valence-electron chi connectivity index (χ1n) is 26.0. The van der Waals surface area contributed by atoms with E-state index in [4.69, 9.17) is 22.9 Å². The second-order valence-corrected chi connectivity index (χ2v) is 19.5. The van der Waals surface area contributed by atoms with Gasteiger partial charge >= 0.3 is 11.9 Å². The van der Waals surface area contributed by atoms with E-state index in [0.717, 1.165) is 0 Å². The highest BCUT2D eigenvalue weighted by molar-refractivity contribution is 5.99. The first-order valence-corrected chi connectivity index (χ1v) is 26.0. The number of H-pyrrole nitrogens is 2. The fourth-order valence-electron chi connectivity index (χ4n) is 8.63. The number of imidazole rings is 2. The van der Waals surface area contributed by atoms with Crippen LogP contribution < -0.4 is 60.2 Å². The number of hydrogen-bond acceptors (Lipinski definition) is 15. The van der Waals surface area contributed by atoms with Gasteiger partial charge in [-0.3, -0.25) is 48.1 Å². The van der Waals surface area contributed by atoms with Crippen LogP contribution in [0.1, 0.15) is 88.6 Å². The molecule has 8 amide bonds. The van der Waals surface area contributed by atoms with E-state index >= 15 is 0 Å². The number of aromatic amines is 2. The molecule has 4 rings (SSSR count). The highest BCUT2D eigenvalue weighted by atomic mass is 16.4. The lowest BCUT2D eigenvalue weighted by Gasteiger charge is -2.31. The number of rotatable bonds is 34. The standard InChI is InChI=1S/C50H75N17O12/c1-28(2)18-32(52)42(71)58-25-40(68)61-33(12-6-7-15-51)43(72)64-37(22-41(69)70)46(75)62-34(13-8-16-57-50(53)54)48(77)67-17-9-14-39(67)47(76)65-36(20-30-23-55-26-59-30)45(74)63-35(19-29-10-4-3-5-11-29)44(73)66-38(49(78)79)21-31-24-56-27-60-31/h3-5,10-11,23-24,26-28,32-39H,6-9,12-22,25,51-52H2,1-2H3,(H,55,59)(H,56,60)(H,58,71)(H,61,68)(H,62,75)(H,63,74)(H,64,72)(H,65,76)(H,66,73)(H,69,70)(H,78,79)(H4,53,54,57)/t32-,33-,34-,35-,36-,37-,38-,39-/m0/s1.